The van der Waals surface area contributed by atoms with Crippen LogP contribution in [0.3, 0.4) is 0 Å². The van der Waals surface area contributed by atoms with Crippen molar-refractivity contribution in [2.75, 3.05) is 0 Å². The molecule has 0 spiro atoms. The third-order valence-corrected chi connectivity index (χ3v) is 12.1. The molecular weight excluding hydrogens is 747 g/mol. The number of pyridine rings is 1. The third kappa shape index (κ3) is 5.15. The zero-order chi connectivity index (χ0) is 41.8. The van der Waals surface area contributed by atoms with Crippen LogP contribution in [-0.2, 0) is 6.37 Å². The summed E-state index contributed by atoms with van der Waals surface area (Å²) in [4.78, 5) is 14.2. The van der Waals surface area contributed by atoms with Gasteiger partial charge < -0.3 is 9.40 Å². The number of nitrogens with zero attached hydrogens (tertiary/aromatic N) is 4. The molecule has 0 fully saturated rings. The van der Waals surface area contributed by atoms with Crippen molar-refractivity contribution in [1.82, 2.24) is 24.1 Å². The van der Waals surface area contributed by atoms with E-state index in [1.54, 1.807) is 0 Å². The molecule has 1 N–H and O–H groups in total. The maximum Gasteiger partial charge on any atom is 0.147 e. The number of hydrogen-bond acceptors (Lipinski definition) is 3. The second-order valence-corrected chi connectivity index (χ2v) is 15.6. The molecule has 0 aliphatic rings. The van der Waals surface area contributed by atoms with Gasteiger partial charge in [0.25, 0.3) is 0 Å². The van der Waals surface area contributed by atoms with E-state index < -0.39 is 6.37 Å². The molecule has 0 amide bonds. The quantitative estimate of drug-likeness (QED) is 0.183. The van der Waals surface area contributed by atoms with Crippen LogP contribution < -0.4 is 0 Å². The lowest BCUT2D eigenvalue weighted by molar-refractivity contribution is 0.669. The molecule has 5 aromatic heterocycles. The van der Waals surface area contributed by atoms with Crippen LogP contribution >= 0.6 is 0 Å². The van der Waals surface area contributed by atoms with Gasteiger partial charge in [0.15, 0.2) is 0 Å². The molecule has 0 saturated heterocycles. The van der Waals surface area contributed by atoms with Crippen molar-refractivity contribution in [3.8, 4) is 34.0 Å². The van der Waals surface area contributed by atoms with Crippen molar-refractivity contribution in [1.29, 1.82) is 0 Å². The van der Waals surface area contributed by atoms with Gasteiger partial charge in [0.2, 0.25) is 0 Å². The molecule has 13 aromatic rings. The van der Waals surface area contributed by atoms with Gasteiger partial charge in [-0.2, -0.15) is 0 Å². The Bertz CT molecular complexity index is 3950. The Morgan fingerprint density at radius 3 is 2.23 bits per heavy atom. The Morgan fingerprint density at radius 2 is 1.31 bits per heavy atom. The smallest absolute Gasteiger partial charge is 0.147 e. The van der Waals surface area contributed by atoms with E-state index in [-0.39, 0.29) is 0 Å². The molecule has 0 saturated carbocycles. The molecule has 0 bridgehead atoms. The van der Waals surface area contributed by atoms with Crippen molar-refractivity contribution < 1.29 is 7.16 Å². The number of furan rings is 1. The number of H-pyrrole nitrogens is 1. The van der Waals surface area contributed by atoms with Gasteiger partial charge in [-0.05, 0) is 89.8 Å². The summed E-state index contributed by atoms with van der Waals surface area (Å²) >= 11 is 0. The highest BCUT2D eigenvalue weighted by molar-refractivity contribution is 6.27. The Hall–Kier alpha value is -8.22. The van der Waals surface area contributed by atoms with Crippen molar-refractivity contribution in [2.45, 2.75) is 6.37 Å². The highest BCUT2D eigenvalue weighted by Crippen LogP contribution is 2.44. The summed E-state index contributed by atoms with van der Waals surface area (Å²) < 4.78 is 29.5. The first-order valence-corrected chi connectivity index (χ1v) is 20.5. The summed E-state index contributed by atoms with van der Waals surface area (Å²) in [5, 5.41) is 6.65. The van der Waals surface area contributed by atoms with Gasteiger partial charge >= 0.3 is 0 Å². The number of rotatable bonds is 6. The molecule has 5 heterocycles. The van der Waals surface area contributed by atoms with Crippen molar-refractivity contribution >= 4 is 76.6 Å². The minimum absolute atomic E-state index is 0.561. The number of para-hydroxylation sites is 4. The van der Waals surface area contributed by atoms with Crippen LogP contribution in [0, 0.1) is 0 Å². The van der Waals surface area contributed by atoms with E-state index in [2.05, 4.69) is 123 Å². The van der Waals surface area contributed by atoms with E-state index in [9.17, 15) is 2.74 Å². The number of benzene rings is 8. The molecular formula is C55H35N5O. The third-order valence-electron chi connectivity index (χ3n) is 12.1. The summed E-state index contributed by atoms with van der Waals surface area (Å²) in [6, 6.07) is 63.5. The number of nitrogens with one attached hydrogen (secondary N) is 1. The lowest BCUT2D eigenvalue weighted by Crippen LogP contribution is -1.99. The first kappa shape index (κ1) is 31.7. The molecule has 6 heteroatoms. The van der Waals surface area contributed by atoms with Crippen molar-refractivity contribution in [2.24, 2.45) is 0 Å². The Balaban J connectivity index is 1.08. The topological polar surface area (TPSA) is 64.6 Å². The van der Waals surface area contributed by atoms with Gasteiger partial charge in [-0.25, -0.2) is 9.97 Å². The van der Waals surface area contributed by atoms with Crippen LogP contribution in [-0.4, -0.2) is 24.1 Å². The second-order valence-electron chi connectivity index (χ2n) is 15.6. The Kier molecular flexibility index (Phi) is 6.84. The fourth-order valence-electron chi connectivity index (χ4n) is 9.47. The Morgan fingerprint density at radius 1 is 0.525 bits per heavy atom. The first-order chi connectivity index (χ1) is 31.0. The van der Waals surface area contributed by atoms with Gasteiger partial charge in [0.05, 0.1) is 27.6 Å². The van der Waals surface area contributed by atoms with E-state index in [1.165, 1.54) is 0 Å². The van der Waals surface area contributed by atoms with Crippen molar-refractivity contribution in [3.05, 3.63) is 205 Å². The van der Waals surface area contributed by atoms with Crippen LogP contribution in [0.15, 0.2) is 199 Å². The van der Waals surface area contributed by atoms with Gasteiger partial charge in [0.1, 0.15) is 22.8 Å². The van der Waals surface area contributed by atoms with Gasteiger partial charge in [-0.15, -0.1) is 0 Å². The number of hydrogen-bond donors (Lipinski definition) is 1. The van der Waals surface area contributed by atoms with E-state index in [0.717, 1.165) is 111 Å². The summed E-state index contributed by atoms with van der Waals surface area (Å²) in [5.74, 6) is 1.58. The normalized spacial score (nSPS) is 12.7. The largest absolute Gasteiger partial charge is 0.456 e. The lowest BCUT2D eigenvalue weighted by Gasteiger charge is -2.13. The Labute approximate surface area is 352 Å². The number of imidazole rings is 1. The standard InChI is InChI=1S/C55H35N5O/c1-2-13-34(14-3-1)31-35-15-10-16-37(32-35)59-46-23-12-19-38(54(46)58-55(59)43-21-11-20-40-39-17-4-6-22-44(39)57-53(40)43)36-26-27-41-47(33-36)60(50-25-8-9-30-56-50)45-28-29-49-52(51(41)45)42-18-5-7-24-48(42)61-49/h1-30,32-33,57H,31H2/i31D2. The van der Waals surface area contributed by atoms with E-state index in [4.69, 9.17) is 14.4 Å². The fourth-order valence-corrected chi connectivity index (χ4v) is 9.47. The molecule has 0 unspecified atom stereocenters. The number of aromatic nitrogens is 5. The molecule has 13 rings (SSSR count). The molecule has 8 aromatic carbocycles. The van der Waals surface area contributed by atoms with Crippen LogP contribution in [0.25, 0.3) is 111 Å². The minimum atomic E-state index is -1.73. The number of fused-ring (bicyclic) bond motifs is 11. The summed E-state index contributed by atoms with van der Waals surface area (Å²) in [7, 11) is 0. The predicted molar refractivity (Wildman–Crippen MR) is 250 cm³/mol. The SMILES string of the molecule is [2H]C([2H])(c1ccccc1)c1cccc(-n2c(-c3cccc4c3[nH]c3ccccc34)nc3c(-c4ccc5c6c7c(ccc6n(-c6ccccn6)c5c4)oc4ccccc47)cccc32)c1. The monoisotopic (exact) mass is 783 g/mol. The zero-order valence-electron chi connectivity index (χ0n) is 34.7. The van der Waals surface area contributed by atoms with Crippen LogP contribution in [0.4, 0.5) is 0 Å². The highest BCUT2D eigenvalue weighted by Gasteiger charge is 2.23. The summed E-state index contributed by atoms with van der Waals surface area (Å²) in [6.45, 7) is 0. The molecule has 61 heavy (non-hydrogen) atoms. The minimum Gasteiger partial charge on any atom is -0.456 e. The van der Waals surface area contributed by atoms with Crippen LogP contribution in [0.5, 0.6) is 0 Å². The molecule has 0 radical (unpaired) electrons. The second kappa shape index (κ2) is 13.1. The molecule has 0 aliphatic heterocycles. The summed E-state index contributed by atoms with van der Waals surface area (Å²) in [6.07, 6.45) is 0.109. The van der Waals surface area contributed by atoms with Crippen LogP contribution in [0.2, 0.25) is 0 Å². The van der Waals surface area contributed by atoms with Gasteiger partial charge in [-0.3, -0.25) is 9.13 Å². The molecule has 0 atom stereocenters. The van der Waals surface area contributed by atoms with E-state index >= 15 is 0 Å². The molecule has 0 aliphatic carbocycles. The average molecular weight is 784 g/mol. The maximum absolute atomic E-state index is 9.31. The molecule has 286 valence electrons. The summed E-state index contributed by atoms with van der Waals surface area (Å²) in [5.41, 5.74) is 12.5. The highest BCUT2D eigenvalue weighted by atomic mass is 16.3. The first-order valence-electron chi connectivity index (χ1n) is 21.5. The maximum atomic E-state index is 9.31. The van der Waals surface area contributed by atoms with Gasteiger partial charge in [-0.1, -0.05) is 121 Å². The van der Waals surface area contributed by atoms with Gasteiger partial charge in [0, 0.05) is 63.6 Å². The predicted octanol–water partition coefficient (Wildman–Crippen LogP) is 14.0. The number of aromatic amines is 1. The lowest BCUT2D eigenvalue weighted by atomic mass is 10.0. The van der Waals surface area contributed by atoms with Crippen LogP contribution in [0.1, 0.15) is 13.9 Å². The molecule has 6 nitrogen and oxygen atoms in total. The fraction of sp³-hybridized carbons (Fsp3) is 0.0182. The average Bonchev–Trinajstić information content (AvgIpc) is 4.11. The zero-order valence-corrected chi connectivity index (χ0v) is 32.7. The van der Waals surface area contributed by atoms with E-state index in [1.807, 2.05) is 85.1 Å². The van der Waals surface area contributed by atoms with E-state index in [0.29, 0.717) is 11.1 Å². The van der Waals surface area contributed by atoms with Crippen molar-refractivity contribution in [3.63, 3.8) is 0 Å².